The molecule has 1 saturated heterocycles. The Kier molecular flexibility index (Phi) is 4.67. The Morgan fingerprint density at radius 3 is 2.70 bits per heavy atom. The molecule has 0 bridgehead atoms. The fourth-order valence-corrected chi connectivity index (χ4v) is 4.48. The maximum Gasteiger partial charge on any atom is 0.244 e. The summed E-state index contributed by atoms with van der Waals surface area (Å²) in [7, 11) is -3.61. The van der Waals surface area contributed by atoms with Crippen LogP contribution in [0.1, 0.15) is 24.8 Å². The number of nitrogens with zero attached hydrogens (tertiary/aromatic N) is 3. The molecule has 0 radical (unpaired) electrons. The average Bonchev–Trinajstić information content (AvgIpc) is 3.09. The monoisotopic (exact) mass is 356 g/mol. The van der Waals surface area contributed by atoms with Crippen molar-refractivity contribution < 1.29 is 13.5 Å². The molecular weight excluding hydrogens is 340 g/mol. The highest BCUT2D eigenvalue weighted by atomic mass is 35.5. The van der Waals surface area contributed by atoms with Crippen LogP contribution in [0.25, 0.3) is 0 Å². The number of piperidine rings is 1. The molecule has 23 heavy (non-hydrogen) atoms. The lowest BCUT2D eigenvalue weighted by atomic mass is 9.92. The zero-order valence-corrected chi connectivity index (χ0v) is 13.8. The molecule has 2 N–H and O–H groups in total. The molecule has 2 aromatic rings. The van der Waals surface area contributed by atoms with Crippen LogP contribution < -0.4 is 0 Å². The molecule has 1 unspecified atom stereocenters. The normalized spacial score (nSPS) is 18.9. The van der Waals surface area contributed by atoms with E-state index in [1.165, 1.54) is 22.8 Å². The zero-order chi connectivity index (χ0) is 16.4. The second-order valence-corrected chi connectivity index (χ2v) is 7.87. The van der Waals surface area contributed by atoms with E-state index in [0.717, 1.165) is 0 Å². The summed E-state index contributed by atoms with van der Waals surface area (Å²) in [4.78, 5) is 10.9. The van der Waals surface area contributed by atoms with Gasteiger partial charge in [0.1, 0.15) is 16.8 Å². The highest BCUT2D eigenvalue weighted by molar-refractivity contribution is 7.89. The average molecular weight is 357 g/mol. The Labute approximate surface area is 139 Å². The minimum atomic E-state index is -3.61. The van der Waals surface area contributed by atoms with E-state index in [-0.39, 0.29) is 15.8 Å². The van der Waals surface area contributed by atoms with Crippen molar-refractivity contribution in [3.63, 3.8) is 0 Å². The largest absolute Gasteiger partial charge is 0.385 e. The summed E-state index contributed by atoms with van der Waals surface area (Å²) in [6.07, 6.45) is 6.36. The van der Waals surface area contributed by atoms with Crippen molar-refractivity contribution in [2.24, 2.45) is 5.92 Å². The van der Waals surface area contributed by atoms with E-state index in [1.807, 2.05) is 0 Å². The van der Waals surface area contributed by atoms with Crippen LogP contribution in [0.15, 0.2) is 35.7 Å². The van der Waals surface area contributed by atoms with Gasteiger partial charge in [-0.25, -0.2) is 13.4 Å². The lowest BCUT2D eigenvalue weighted by molar-refractivity contribution is 0.0696. The van der Waals surface area contributed by atoms with Gasteiger partial charge in [-0.3, -0.25) is 4.98 Å². The van der Waals surface area contributed by atoms with E-state index in [2.05, 4.69) is 15.0 Å². The third-order valence-electron chi connectivity index (χ3n) is 4.06. The number of hydrogen-bond acceptors (Lipinski definition) is 5. The molecule has 9 heteroatoms. The first kappa shape index (κ1) is 16.4. The minimum Gasteiger partial charge on any atom is -0.385 e. The smallest absolute Gasteiger partial charge is 0.244 e. The van der Waals surface area contributed by atoms with Crippen molar-refractivity contribution >= 4 is 21.6 Å². The first-order valence-corrected chi connectivity index (χ1v) is 9.08. The van der Waals surface area contributed by atoms with Crippen LogP contribution in [0.4, 0.5) is 0 Å². The van der Waals surface area contributed by atoms with Crippen LogP contribution in [-0.2, 0) is 10.0 Å². The second kappa shape index (κ2) is 6.56. The molecular formula is C14H17ClN4O3S. The Bertz CT molecular complexity index is 758. The van der Waals surface area contributed by atoms with Gasteiger partial charge < -0.3 is 10.1 Å². The predicted octanol–water partition coefficient (Wildman–Crippen LogP) is 1.59. The fourth-order valence-electron chi connectivity index (χ4n) is 2.78. The summed E-state index contributed by atoms with van der Waals surface area (Å²) >= 11 is 5.82. The molecule has 1 aliphatic rings. The lowest BCUT2D eigenvalue weighted by Crippen LogP contribution is -2.39. The number of aliphatic hydroxyl groups is 1. The van der Waals surface area contributed by atoms with E-state index in [1.54, 1.807) is 12.4 Å². The number of sulfonamides is 1. The minimum absolute atomic E-state index is 0.0231. The maximum atomic E-state index is 12.6. The third kappa shape index (κ3) is 3.40. The molecule has 0 aromatic carbocycles. The number of aromatic nitrogens is 3. The van der Waals surface area contributed by atoms with E-state index in [4.69, 9.17) is 11.6 Å². The van der Waals surface area contributed by atoms with Crippen LogP contribution in [0.3, 0.4) is 0 Å². The molecule has 7 nitrogen and oxygen atoms in total. The van der Waals surface area contributed by atoms with Crippen LogP contribution in [0, 0.1) is 5.92 Å². The molecule has 0 amide bonds. The van der Waals surface area contributed by atoms with Gasteiger partial charge in [-0.1, -0.05) is 11.6 Å². The van der Waals surface area contributed by atoms with Gasteiger partial charge in [0.15, 0.2) is 0 Å². The van der Waals surface area contributed by atoms with Gasteiger partial charge in [0.05, 0.1) is 5.02 Å². The third-order valence-corrected chi connectivity index (χ3v) is 6.13. The van der Waals surface area contributed by atoms with E-state index >= 15 is 0 Å². The number of imidazole rings is 1. The Balaban J connectivity index is 1.69. The number of aliphatic hydroxyl groups excluding tert-OH is 1. The number of aromatic amines is 1. The van der Waals surface area contributed by atoms with Crippen LogP contribution in [-0.4, -0.2) is 45.9 Å². The van der Waals surface area contributed by atoms with Crippen molar-refractivity contribution in [2.45, 2.75) is 23.8 Å². The molecule has 0 saturated carbocycles. The fraction of sp³-hybridized carbons (Fsp3) is 0.429. The summed E-state index contributed by atoms with van der Waals surface area (Å²) in [6.45, 7) is 0.689. The maximum absolute atomic E-state index is 12.6. The first-order chi connectivity index (χ1) is 11.0. The quantitative estimate of drug-likeness (QED) is 0.866. The van der Waals surface area contributed by atoms with Gasteiger partial charge in [0.2, 0.25) is 10.0 Å². The van der Waals surface area contributed by atoms with Gasteiger partial charge in [-0.15, -0.1) is 0 Å². The zero-order valence-electron chi connectivity index (χ0n) is 12.3. The Morgan fingerprint density at radius 2 is 2.09 bits per heavy atom. The lowest BCUT2D eigenvalue weighted by Gasteiger charge is -2.32. The van der Waals surface area contributed by atoms with Crippen LogP contribution in [0.5, 0.6) is 0 Å². The molecule has 3 heterocycles. The van der Waals surface area contributed by atoms with E-state index in [0.29, 0.717) is 31.8 Å². The van der Waals surface area contributed by atoms with Crippen LogP contribution in [0.2, 0.25) is 5.02 Å². The number of pyridine rings is 1. The second-order valence-electron chi connectivity index (χ2n) is 5.50. The predicted molar refractivity (Wildman–Crippen MR) is 84.3 cm³/mol. The van der Waals surface area contributed by atoms with Crippen molar-refractivity contribution in [3.8, 4) is 0 Å². The number of H-pyrrole nitrogens is 1. The highest BCUT2D eigenvalue weighted by Gasteiger charge is 2.33. The standard InChI is InChI=1S/C14H17ClN4O3S/c15-11-7-12(9-16-8-11)23(21,22)19-5-1-10(2-6-19)13(20)14-17-3-4-18-14/h3-4,7-10,13,20H,1-2,5-6H2,(H,17,18). The molecule has 3 rings (SSSR count). The van der Waals surface area contributed by atoms with E-state index in [9.17, 15) is 13.5 Å². The number of hydrogen-bond donors (Lipinski definition) is 2. The van der Waals surface area contributed by atoms with Gasteiger partial charge in [-0.2, -0.15) is 4.31 Å². The molecule has 1 aliphatic heterocycles. The first-order valence-electron chi connectivity index (χ1n) is 7.26. The van der Waals surface area contributed by atoms with Crippen molar-refractivity contribution in [1.29, 1.82) is 0 Å². The van der Waals surface area contributed by atoms with E-state index < -0.39 is 16.1 Å². The number of nitrogens with one attached hydrogen (secondary N) is 1. The Hall–Kier alpha value is -1.48. The van der Waals surface area contributed by atoms with Crippen molar-refractivity contribution in [3.05, 3.63) is 41.7 Å². The number of halogens is 1. The number of rotatable bonds is 4. The van der Waals surface area contributed by atoms with Gasteiger partial charge in [0.25, 0.3) is 0 Å². The molecule has 0 spiro atoms. The van der Waals surface area contributed by atoms with Crippen molar-refractivity contribution in [2.75, 3.05) is 13.1 Å². The topological polar surface area (TPSA) is 99.2 Å². The molecule has 0 aliphatic carbocycles. The van der Waals surface area contributed by atoms with Crippen LogP contribution >= 0.6 is 11.6 Å². The summed E-state index contributed by atoms with van der Waals surface area (Å²) in [5.41, 5.74) is 0. The Morgan fingerprint density at radius 1 is 1.35 bits per heavy atom. The summed E-state index contributed by atoms with van der Waals surface area (Å²) in [5, 5.41) is 10.6. The summed E-state index contributed by atoms with van der Waals surface area (Å²) in [6, 6.07) is 1.40. The summed E-state index contributed by atoms with van der Waals surface area (Å²) in [5.74, 6) is 0.496. The van der Waals surface area contributed by atoms with Crippen molar-refractivity contribution in [1.82, 2.24) is 19.3 Å². The molecule has 1 fully saturated rings. The van der Waals surface area contributed by atoms with Gasteiger partial charge in [0, 0.05) is 37.9 Å². The molecule has 2 aromatic heterocycles. The van der Waals surface area contributed by atoms with Gasteiger partial charge in [-0.05, 0) is 24.8 Å². The summed E-state index contributed by atoms with van der Waals surface area (Å²) < 4.78 is 26.6. The molecule has 1 atom stereocenters. The SMILES string of the molecule is O=S(=O)(c1cncc(Cl)c1)N1CCC(C(O)c2ncc[nH]2)CC1. The van der Waals surface area contributed by atoms with Gasteiger partial charge >= 0.3 is 0 Å². The highest BCUT2D eigenvalue weighted by Crippen LogP contribution is 2.31. The molecule has 124 valence electrons.